The van der Waals surface area contributed by atoms with Crippen LogP contribution in [0.25, 0.3) is 0 Å². The van der Waals surface area contributed by atoms with Gasteiger partial charge in [0.25, 0.3) is 0 Å². The monoisotopic (exact) mass is 438 g/mol. The predicted octanol–water partition coefficient (Wildman–Crippen LogP) is 1.56. The normalized spacial score (nSPS) is 26.9. The number of ether oxygens (including phenoxy) is 5. The van der Waals surface area contributed by atoms with Gasteiger partial charge in [0.1, 0.15) is 6.61 Å². The van der Waals surface area contributed by atoms with Crippen LogP contribution in [0.5, 0.6) is 0 Å². The molecule has 2 fully saturated rings. The van der Waals surface area contributed by atoms with Gasteiger partial charge < -0.3 is 34.3 Å². The van der Waals surface area contributed by atoms with Gasteiger partial charge in [-0.1, -0.05) is 0 Å². The number of carbonyl (C=O) groups excluding carboxylic acids is 2. The summed E-state index contributed by atoms with van der Waals surface area (Å²) in [7, 11) is 0. The van der Waals surface area contributed by atoms with Crippen LogP contribution in [0, 0.1) is 35.0 Å². The Hall–Kier alpha value is -2.02. The molecule has 9 heteroatoms. The molecule has 0 aromatic carbocycles. The van der Waals surface area contributed by atoms with Gasteiger partial charge in [0.05, 0.1) is 39.6 Å². The fraction of sp³-hybridized carbons (Fsp3) is 0.818. The summed E-state index contributed by atoms with van der Waals surface area (Å²) in [5.74, 6) is 8.52. The second kappa shape index (κ2) is 12.1. The smallest absolute Gasteiger partial charge is 0.407 e. The van der Waals surface area contributed by atoms with E-state index < -0.39 is 6.09 Å². The second-order valence-electron chi connectivity index (χ2n) is 7.93. The average Bonchev–Trinajstić information content (AvgIpc) is 3.58. The molecule has 0 aromatic heterocycles. The highest BCUT2D eigenvalue weighted by Gasteiger charge is 2.85. The van der Waals surface area contributed by atoms with Gasteiger partial charge in [-0.3, -0.25) is 0 Å². The molecular weight excluding hydrogens is 404 g/mol. The van der Waals surface area contributed by atoms with Crippen molar-refractivity contribution in [1.29, 1.82) is 0 Å². The lowest BCUT2D eigenvalue weighted by Crippen LogP contribution is -2.30. The van der Waals surface area contributed by atoms with E-state index >= 15 is 0 Å². The standard InChI is InChI=1S/C22H34N2O7/c1-2-27-14-15-30-20(25)23-8-10-28-12-13-29-11-9-24-21(26)31-16-22-17-6-4-3-5-7-18(22)19(17)22/h17-19H,2,4,6-16H2,1H3,(H,23,25)(H,24,26)/t17-,18?,19-,22-/m1/s1. The quantitative estimate of drug-likeness (QED) is 0.295. The van der Waals surface area contributed by atoms with Crippen LogP contribution in [0.2, 0.25) is 0 Å². The van der Waals surface area contributed by atoms with Crippen LogP contribution in [0.4, 0.5) is 9.59 Å². The molecule has 0 aromatic rings. The Morgan fingerprint density at radius 1 is 0.871 bits per heavy atom. The van der Waals surface area contributed by atoms with Crippen molar-refractivity contribution in [2.75, 3.05) is 65.9 Å². The van der Waals surface area contributed by atoms with Crippen molar-refractivity contribution in [3.05, 3.63) is 0 Å². The molecular formula is C22H34N2O7. The van der Waals surface area contributed by atoms with E-state index in [0.29, 0.717) is 71.2 Å². The average molecular weight is 439 g/mol. The van der Waals surface area contributed by atoms with Crippen LogP contribution in [-0.2, 0) is 23.7 Å². The lowest BCUT2D eigenvalue weighted by atomic mass is 9.89. The Bertz CT molecular complexity index is 656. The SMILES string of the molecule is CCOCCOC(=O)NCCOCCOCCNC(=O)OC[C@]12C3CC#CCC[C@@H]1[C@H]32. The maximum atomic E-state index is 11.9. The van der Waals surface area contributed by atoms with Crippen molar-refractivity contribution < 1.29 is 33.3 Å². The number of fused-ring (bicyclic) bond motifs is 2. The number of hydrogen-bond acceptors (Lipinski definition) is 7. The molecule has 0 aliphatic heterocycles. The van der Waals surface area contributed by atoms with Gasteiger partial charge in [-0.2, -0.15) is 0 Å². The summed E-state index contributed by atoms with van der Waals surface area (Å²) in [5, 5.41) is 5.30. The molecule has 0 spiro atoms. The van der Waals surface area contributed by atoms with Crippen LogP contribution in [0.3, 0.4) is 0 Å². The first kappa shape index (κ1) is 23.6. The van der Waals surface area contributed by atoms with E-state index in [1.54, 1.807) is 0 Å². The summed E-state index contributed by atoms with van der Waals surface area (Å²) in [5.41, 5.74) is 0.245. The number of rotatable bonds is 15. The largest absolute Gasteiger partial charge is 0.449 e. The van der Waals surface area contributed by atoms with Crippen molar-refractivity contribution in [2.45, 2.75) is 26.2 Å². The Kier molecular flexibility index (Phi) is 9.25. The lowest BCUT2D eigenvalue weighted by molar-refractivity contribution is 0.0472. The molecule has 2 N–H and O–H groups in total. The van der Waals surface area contributed by atoms with Gasteiger partial charge in [-0.05, 0) is 31.1 Å². The van der Waals surface area contributed by atoms with Crippen LogP contribution in [0.15, 0.2) is 0 Å². The molecule has 0 heterocycles. The highest BCUT2D eigenvalue weighted by molar-refractivity contribution is 5.67. The number of carbonyl (C=O) groups is 2. The molecule has 0 radical (unpaired) electrons. The molecule has 3 aliphatic rings. The predicted molar refractivity (Wildman–Crippen MR) is 111 cm³/mol. The summed E-state index contributed by atoms with van der Waals surface area (Å²) >= 11 is 0. The first-order chi connectivity index (χ1) is 15.2. The minimum absolute atomic E-state index is 0.230. The highest BCUT2D eigenvalue weighted by Crippen LogP contribution is 2.86. The van der Waals surface area contributed by atoms with Crippen molar-refractivity contribution in [3.63, 3.8) is 0 Å². The zero-order chi connectivity index (χ0) is 21.9. The third-order valence-corrected chi connectivity index (χ3v) is 6.20. The molecule has 0 bridgehead atoms. The topological polar surface area (TPSA) is 104 Å². The zero-order valence-corrected chi connectivity index (χ0v) is 18.3. The molecule has 3 aliphatic carbocycles. The molecule has 9 nitrogen and oxygen atoms in total. The molecule has 4 atom stereocenters. The molecule has 2 saturated carbocycles. The van der Waals surface area contributed by atoms with Gasteiger partial charge in [0.15, 0.2) is 0 Å². The van der Waals surface area contributed by atoms with E-state index in [2.05, 4.69) is 22.5 Å². The number of amides is 2. The Morgan fingerprint density at radius 2 is 1.55 bits per heavy atom. The Labute approximate surface area is 183 Å². The van der Waals surface area contributed by atoms with Crippen LogP contribution in [0.1, 0.15) is 26.2 Å². The summed E-state index contributed by atoms with van der Waals surface area (Å²) in [6.07, 6.45) is 2.20. The van der Waals surface area contributed by atoms with Crippen LogP contribution < -0.4 is 10.6 Å². The third-order valence-electron chi connectivity index (χ3n) is 6.20. The Balaban J connectivity index is 1.07. The molecule has 0 saturated heterocycles. The van der Waals surface area contributed by atoms with E-state index in [-0.39, 0.29) is 18.1 Å². The lowest BCUT2D eigenvalue weighted by Gasteiger charge is -2.18. The summed E-state index contributed by atoms with van der Waals surface area (Å²) in [4.78, 5) is 23.2. The van der Waals surface area contributed by atoms with Gasteiger partial charge in [0.2, 0.25) is 0 Å². The molecule has 174 valence electrons. The number of alkyl carbamates (subject to hydrolysis) is 2. The minimum Gasteiger partial charge on any atom is -0.449 e. The van der Waals surface area contributed by atoms with E-state index in [1.165, 1.54) is 0 Å². The third kappa shape index (κ3) is 6.73. The van der Waals surface area contributed by atoms with Gasteiger partial charge in [-0.25, -0.2) is 9.59 Å². The summed E-state index contributed by atoms with van der Waals surface area (Å²) < 4.78 is 26.2. The van der Waals surface area contributed by atoms with E-state index in [4.69, 9.17) is 23.7 Å². The van der Waals surface area contributed by atoms with Crippen molar-refractivity contribution in [3.8, 4) is 11.8 Å². The van der Waals surface area contributed by atoms with Crippen molar-refractivity contribution >= 4 is 12.2 Å². The minimum atomic E-state index is -0.487. The number of nitrogens with one attached hydrogen (secondary N) is 2. The summed E-state index contributed by atoms with van der Waals surface area (Å²) in [6.45, 7) is 5.93. The fourth-order valence-corrected chi connectivity index (χ4v) is 4.56. The second-order valence-corrected chi connectivity index (χ2v) is 7.93. The summed E-state index contributed by atoms with van der Waals surface area (Å²) in [6, 6.07) is 0. The highest BCUT2D eigenvalue weighted by atomic mass is 16.6. The first-order valence-corrected chi connectivity index (χ1v) is 11.2. The fourth-order valence-electron chi connectivity index (χ4n) is 4.56. The van der Waals surface area contributed by atoms with Crippen molar-refractivity contribution in [2.24, 2.45) is 23.2 Å². The zero-order valence-electron chi connectivity index (χ0n) is 18.3. The molecule has 31 heavy (non-hydrogen) atoms. The van der Waals surface area contributed by atoms with Gasteiger partial charge in [-0.15, -0.1) is 11.8 Å². The molecule has 2 amide bonds. The number of hydrogen-bond donors (Lipinski definition) is 2. The Morgan fingerprint density at radius 3 is 2.26 bits per heavy atom. The van der Waals surface area contributed by atoms with E-state index in [1.807, 2.05) is 6.92 Å². The van der Waals surface area contributed by atoms with Gasteiger partial charge >= 0.3 is 12.2 Å². The first-order valence-electron chi connectivity index (χ1n) is 11.2. The van der Waals surface area contributed by atoms with E-state index in [0.717, 1.165) is 25.2 Å². The maximum absolute atomic E-state index is 11.9. The van der Waals surface area contributed by atoms with Gasteiger partial charge in [0, 0.05) is 38.0 Å². The van der Waals surface area contributed by atoms with E-state index in [9.17, 15) is 9.59 Å². The maximum Gasteiger partial charge on any atom is 0.407 e. The van der Waals surface area contributed by atoms with Crippen LogP contribution in [-0.4, -0.2) is 78.1 Å². The molecule has 3 rings (SSSR count). The molecule has 1 unspecified atom stereocenters. The van der Waals surface area contributed by atoms with Crippen molar-refractivity contribution in [1.82, 2.24) is 10.6 Å². The van der Waals surface area contributed by atoms with Crippen LogP contribution >= 0.6 is 0 Å².